The number of hydrogen-bond acceptors (Lipinski definition) is 6. The Morgan fingerprint density at radius 1 is 1.23 bits per heavy atom. The topological polar surface area (TPSA) is 90.8 Å². The first-order valence-corrected chi connectivity index (χ1v) is 10.2. The van der Waals surface area contributed by atoms with Crippen LogP contribution in [0.4, 0.5) is 5.69 Å². The Bertz CT molecular complexity index is 1010. The minimum Gasteiger partial charge on any atom is -0.494 e. The van der Waals surface area contributed by atoms with Crippen LogP contribution in [0.3, 0.4) is 0 Å². The van der Waals surface area contributed by atoms with Crippen LogP contribution in [0.5, 0.6) is 5.88 Å². The van der Waals surface area contributed by atoms with E-state index in [2.05, 4.69) is 23.7 Å². The van der Waals surface area contributed by atoms with E-state index in [1.54, 1.807) is 6.92 Å². The van der Waals surface area contributed by atoms with Crippen molar-refractivity contribution in [3.8, 4) is 11.9 Å². The van der Waals surface area contributed by atoms with E-state index in [0.29, 0.717) is 43.3 Å². The molecule has 1 saturated heterocycles. The number of aromatic nitrogens is 1. The van der Waals surface area contributed by atoms with E-state index >= 15 is 0 Å². The van der Waals surface area contributed by atoms with E-state index < -0.39 is 5.56 Å². The van der Waals surface area contributed by atoms with Gasteiger partial charge in [0.1, 0.15) is 11.6 Å². The number of aliphatic imine (C=N–C) groups is 1. The highest BCUT2D eigenvalue weighted by Gasteiger charge is 2.19. The predicted octanol–water partition coefficient (Wildman–Crippen LogP) is 2.94. The first-order chi connectivity index (χ1) is 14.4. The summed E-state index contributed by atoms with van der Waals surface area (Å²) >= 11 is 0. The van der Waals surface area contributed by atoms with Crippen molar-refractivity contribution in [2.45, 2.75) is 33.2 Å². The van der Waals surface area contributed by atoms with Gasteiger partial charge in [-0.15, -0.1) is 0 Å². The molecule has 7 heteroatoms. The van der Waals surface area contributed by atoms with Crippen molar-refractivity contribution in [1.82, 2.24) is 9.47 Å². The highest BCUT2D eigenvalue weighted by Crippen LogP contribution is 2.23. The maximum Gasteiger partial charge on any atom is 0.271 e. The third-order valence-electron chi connectivity index (χ3n) is 5.49. The Kier molecular flexibility index (Phi) is 7.03. The molecule has 2 heterocycles. The van der Waals surface area contributed by atoms with E-state index in [4.69, 9.17) is 4.74 Å². The lowest BCUT2D eigenvalue weighted by Crippen LogP contribution is -2.39. The van der Waals surface area contributed by atoms with Crippen molar-refractivity contribution >= 4 is 11.9 Å². The van der Waals surface area contributed by atoms with Gasteiger partial charge in [0.05, 0.1) is 24.5 Å². The molecule has 0 unspecified atom stereocenters. The van der Waals surface area contributed by atoms with Gasteiger partial charge in [-0.1, -0.05) is 26.0 Å². The summed E-state index contributed by atoms with van der Waals surface area (Å²) < 4.78 is 6.61. The summed E-state index contributed by atoms with van der Waals surface area (Å²) in [5.41, 5.74) is 2.34. The highest BCUT2D eigenvalue weighted by atomic mass is 16.5. The van der Waals surface area contributed by atoms with Crippen molar-refractivity contribution in [2.24, 2.45) is 4.99 Å². The molecule has 3 rings (SSSR count). The van der Waals surface area contributed by atoms with E-state index in [-0.39, 0.29) is 11.4 Å². The van der Waals surface area contributed by atoms with E-state index in [0.717, 1.165) is 18.8 Å². The van der Waals surface area contributed by atoms with Gasteiger partial charge in [0.25, 0.3) is 5.56 Å². The van der Waals surface area contributed by atoms with Gasteiger partial charge in [0.15, 0.2) is 0 Å². The lowest BCUT2D eigenvalue weighted by atomic mass is 10.0. The first kappa shape index (κ1) is 21.8. The molecule has 1 aliphatic heterocycles. The zero-order chi connectivity index (χ0) is 21.7. The van der Waals surface area contributed by atoms with Gasteiger partial charge >= 0.3 is 0 Å². The van der Waals surface area contributed by atoms with E-state index in [9.17, 15) is 15.2 Å². The van der Waals surface area contributed by atoms with Gasteiger partial charge in [0.2, 0.25) is 5.88 Å². The number of hydrogen-bond donors (Lipinski definition) is 1. The standard InChI is InChI=1S/C23H28N4O3/c1-16(2)18-4-6-19(7-5-18)25-15-21-17(3)20(14-24)22(28)27(23(21)29)9-8-26-10-12-30-13-11-26/h4-7,15-16,29H,8-13H2,1-3H3. The number of ether oxygens (including phenoxy) is 1. The molecule has 0 saturated carbocycles. The van der Waals surface area contributed by atoms with Crippen molar-refractivity contribution in [2.75, 3.05) is 32.8 Å². The summed E-state index contributed by atoms with van der Waals surface area (Å²) in [7, 11) is 0. The van der Waals surface area contributed by atoms with Crippen LogP contribution in [0.1, 0.15) is 42.0 Å². The van der Waals surface area contributed by atoms with Crippen LogP contribution in [0.15, 0.2) is 34.1 Å². The minimum absolute atomic E-state index is 0.0337. The third-order valence-corrected chi connectivity index (χ3v) is 5.49. The predicted molar refractivity (Wildman–Crippen MR) is 117 cm³/mol. The average Bonchev–Trinajstić information content (AvgIpc) is 2.75. The summed E-state index contributed by atoms with van der Waals surface area (Å²) in [5, 5.41) is 20.3. The van der Waals surface area contributed by atoms with Gasteiger partial charge < -0.3 is 9.84 Å². The van der Waals surface area contributed by atoms with Crippen LogP contribution in [-0.4, -0.2) is 53.6 Å². The number of nitriles is 1. The second-order valence-corrected chi connectivity index (χ2v) is 7.76. The third kappa shape index (κ3) is 4.78. The van der Waals surface area contributed by atoms with E-state index in [1.165, 1.54) is 16.3 Å². The number of morpholine rings is 1. The SMILES string of the molecule is Cc1c(C=Nc2ccc(C(C)C)cc2)c(O)n(CCN2CCOCC2)c(=O)c1C#N. The Balaban J connectivity index is 1.91. The molecule has 1 N–H and O–H groups in total. The van der Waals surface area contributed by atoms with Crippen LogP contribution < -0.4 is 5.56 Å². The zero-order valence-electron chi connectivity index (χ0n) is 17.8. The largest absolute Gasteiger partial charge is 0.494 e. The van der Waals surface area contributed by atoms with Crippen LogP contribution in [0, 0.1) is 18.3 Å². The minimum atomic E-state index is -0.473. The van der Waals surface area contributed by atoms with Crippen LogP contribution in [-0.2, 0) is 11.3 Å². The molecule has 1 aromatic heterocycles. The van der Waals surface area contributed by atoms with Gasteiger partial charge in [0, 0.05) is 32.4 Å². The second-order valence-electron chi connectivity index (χ2n) is 7.76. The summed E-state index contributed by atoms with van der Waals surface area (Å²) in [4.78, 5) is 19.4. The summed E-state index contributed by atoms with van der Waals surface area (Å²) in [6, 6.07) is 9.86. The Morgan fingerprint density at radius 2 is 1.90 bits per heavy atom. The number of aromatic hydroxyl groups is 1. The number of rotatable bonds is 6. The molecule has 0 atom stereocenters. The van der Waals surface area contributed by atoms with Crippen molar-refractivity contribution < 1.29 is 9.84 Å². The highest BCUT2D eigenvalue weighted by molar-refractivity contribution is 5.87. The molecule has 0 aliphatic carbocycles. The maximum absolute atomic E-state index is 12.7. The fraction of sp³-hybridized carbons (Fsp3) is 0.435. The van der Waals surface area contributed by atoms with Crippen molar-refractivity contribution in [1.29, 1.82) is 5.26 Å². The molecule has 0 spiro atoms. The average molecular weight is 409 g/mol. The number of benzene rings is 1. The molecule has 1 aliphatic rings. The van der Waals surface area contributed by atoms with Gasteiger partial charge in [-0.2, -0.15) is 5.26 Å². The smallest absolute Gasteiger partial charge is 0.271 e. The van der Waals surface area contributed by atoms with Crippen molar-refractivity contribution in [3.63, 3.8) is 0 Å². The maximum atomic E-state index is 12.7. The van der Waals surface area contributed by atoms with Crippen LogP contribution in [0.2, 0.25) is 0 Å². The Morgan fingerprint density at radius 3 is 2.50 bits per heavy atom. The first-order valence-electron chi connectivity index (χ1n) is 10.2. The molecule has 2 aromatic rings. The van der Waals surface area contributed by atoms with E-state index in [1.807, 2.05) is 30.3 Å². The quantitative estimate of drug-likeness (QED) is 0.742. The molecular formula is C23H28N4O3. The molecule has 30 heavy (non-hydrogen) atoms. The lowest BCUT2D eigenvalue weighted by Gasteiger charge is -2.27. The van der Waals surface area contributed by atoms with Gasteiger partial charge in [-0.25, -0.2) is 0 Å². The normalized spacial score (nSPS) is 15.0. The molecule has 0 radical (unpaired) electrons. The second kappa shape index (κ2) is 9.70. The summed E-state index contributed by atoms with van der Waals surface area (Å²) in [5.74, 6) is 0.273. The fourth-order valence-corrected chi connectivity index (χ4v) is 3.48. The molecular weight excluding hydrogens is 380 g/mol. The van der Waals surface area contributed by atoms with Crippen LogP contribution >= 0.6 is 0 Å². The van der Waals surface area contributed by atoms with Gasteiger partial charge in [-0.05, 0) is 36.1 Å². The molecule has 7 nitrogen and oxygen atoms in total. The molecule has 158 valence electrons. The molecule has 1 aromatic carbocycles. The summed E-state index contributed by atoms with van der Waals surface area (Å²) in [6.45, 7) is 9.70. The Labute approximate surface area is 176 Å². The lowest BCUT2D eigenvalue weighted by molar-refractivity contribution is 0.0360. The molecule has 0 bridgehead atoms. The monoisotopic (exact) mass is 408 g/mol. The van der Waals surface area contributed by atoms with Crippen molar-refractivity contribution in [3.05, 3.63) is 56.9 Å². The number of nitrogens with zero attached hydrogens (tertiary/aromatic N) is 4. The summed E-state index contributed by atoms with van der Waals surface area (Å²) in [6.07, 6.45) is 1.53. The van der Waals surface area contributed by atoms with Crippen LogP contribution in [0.25, 0.3) is 0 Å². The molecule has 0 amide bonds. The van der Waals surface area contributed by atoms with Gasteiger partial charge in [-0.3, -0.25) is 19.3 Å². The zero-order valence-corrected chi connectivity index (χ0v) is 17.8. The molecule has 1 fully saturated rings. The Hall–Kier alpha value is -2.95. The fourth-order valence-electron chi connectivity index (χ4n) is 3.48. The number of pyridine rings is 1.